The van der Waals surface area contributed by atoms with Gasteiger partial charge in [0.2, 0.25) is 5.91 Å². The fourth-order valence-corrected chi connectivity index (χ4v) is 4.99. The number of carbonyl (C=O) groups excluding carboxylic acids is 2. The standard InChI is InChI=1S/C22H22BrCl2N5O2S/c1-4-30-18(10-26-21(32)14-5-6-16(24)17(25)9-14)28-29-22(30)33-11-19(31)27-20-12(2)7-15(23)8-13(20)3/h5-9H,4,10-11H2,1-3H3,(H,26,32)(H,27,31). The summed E-state index contributed by atoms with van der Waals surface area (Å²) in [4.78, 5) is 24.9. The Morgan fingerprint density at radius 1 is 1.09 bits per heavy atom. The summed E-state index contributed by atoms with van der Waals surface area (Å²) < 4.78 is 2.84. The number of hydrogen-bond donors (Lipinski definition) is 2. The highest BCUT2D eigenvalue weighted by atomic mass is 79.9. The Bertz CT molecular complexity index is 1180. The zero-order chi connectivity index (χ0) is 24.1. The van der Waals surface area contributed by atoms with Crippen molar-refractivity contribution in [3.8, 4) is 0 Å². The van der Waals surface area contributed by atoms with E-state index in [4.69, 9.17) is 23.2 Å². The first-order chi connectivity index (χ1) is 15.7. The molecule has 0 aliphatic rings. The zero-order valence-electron chi connectivity index (χ0n) is 18.2. The number of hydrogen-bond acceptors (Lipinski definition) is 5. The Balaban J connectivity index is 1.60. The number of nitrogens with zero attached hydrogens (tertiary/aromatic N) is 3. The predicted molar refractivity (Wildman–Crippen MR) is 136 cm³/mol. The van der Waals surface area contributed by atoms with Gasteiger partial charge < -0.3 is 15.2 Å². The minimum absolute atomic E-state index is 0.131. The van der Waals surface area contributed by atoms with E-state index in [2.05, 4.69) is 36.8 Å². The molecule has 33 heavy (non-hydrogen) atoms. The molecule has 0 aliphatic heterocycles. The number of halogens is 3. The summed E-state index contributed by atoms with van der Waals surface area (Å²) in [5.74, 6) is 0.345. The minimum Gasteiger partial charge on any atom is -0.345 e. The highest BCUT2D eigenvalue weighted by Crippen LogP contribution is 2.26. The summed E-state index contributed by atoms with van der Waals surface area (Å²) in [6, 6.07) is 8.61. The molecule has 174 valence electrons. The molecule has 7 nitrogen and oxygen atoms in total. The van der Waals surface area contributed by atoms with E-state index in [1.165, 1.54) is 17.8 Å². The van der Waals surface area contributed by atoms with Gasteiger partial charge in [-0.3, -0.25) is 9.59 Å². The molecule has 0 saturated heterocycles. The second-order valence-electron chi connectivity index (χ2n) is 7.21. The fraction of sp³-hybridized carbons (Fsp3) is 0.273. The van der Waals surface area contributed by atoms with Gasteiger partial charge in [-0.05, 0) is 62.2 Å². The van der Waals surface area contributed by atoms with Gasteiger partial charge in [0.15, 0.2) is 11.0 Å². The van der Waals surface area contributed by atoms with Crippen molar-refractivity contribution in [3.05, 3.63) is 67.4 Å². The van der Waals surface area contributed by atoms with Gasteiger partial charge in [0.1, 0.15) is 0 Å². The number of benzene rings is 2. The fourth-order valence-electron chi connectivity index (χ4n) is 3.19. The number of amides is 2. The van der Waals surface area contributed by atoms with Crippen molar-refractivity contribution in [1.82, 2.24) is 20.1 Å². The van der Waals surface area contributed by atoms with Crippen LogP contribution in [0.5, 0.6) is 0 Å². The van der Waals surface area contributed by atoms with Crippen LogP contribution in [0.15, 0.2) is 40.0 Å². The first kappa shape index (κ1) is 25.6. The predicted octanol–water partition coefficient (Wildman–Crippen LogP) is 5.64. The van der Waals surface area contributed by atoms with Gasteiger partial charge in [-0.1, -0.05) is 50.9 Å². The van der Waals surface area contributed by atoms with Crippen molar-refractivity contribution in [1.29, 1.82) is 0 Å². The smallest absolute Gasteiger partial charge is 0.251 e. The van der Waals surface area contributed by atoms with Crippen molar-refractivity contribution in [2.75, 3.05) is 11.1 Å². The molecule has 1 heterocycles. The molecule has 3 aromatic rings. The van der Waals surface area contributed by atoms with Crippen molar-refractivity contribution < 1.29 is 9.59 Å². The van der Waals surface area contributed by atoms with Crippen LogP contribution in [0.3, 0.4) is 0 Å². The van der Waals surface area contributed by atoms with Crippen LogP contribution in [0.25, 0.3) is 0 Å². The van der Waals surface area contributed by atoms with Gasteiger partial charge in [0, 0.05) is 22.3 Å². The Morgan fingerprint density at radius 3 is 2.42 bits per heavy atom. The monoisotopic (exact) mass is 569 g/mol. The van der Waals surface area contributed by atoms with Crippen LogP contribution in [0.4, 0.5) is 5.69 Å². The highest BCUT2D eigenvalue weighted by molar-refractivity contribution is 9.10. The average molecular weight is 571 g/mol. The van der Waals surface area contributed by atoms with E-state index in [0.717, 1.165) is 21.3 Å². The molecular formula is C22H22BrCl2N5O2S. The normalized spacial score (nSPS) is 10.8. The number of aromatic nitrogens is 3. The van der Waals surface area contributed by atoms with Crippen LogP contribution in [0.1, 0.15) is 34.2 Å². The molecule has 2 N–H and O–H groups in total. The van der Waals surface area contributed by atoms with Crippen LogP contribution in [-0.4, -0.2) is 32.3 Å². The molecule has 0 fully saturated rings. The first-order valence-corrected chi connectivity index (χ1v) is 12.6. The molecule has 2 aromatic carbocycles. The molecule has 0 spiro atoms. The van der Waals surface area contributed by atoms with Crippen molar-refractivity contribution in [3.63, 3.8) is 0 Å². The Labute approximate surface area is 214 Å². The van der Waals surface area contributed by atoms with E-state index < -0.39 is 0 Å². The molecule has 11 heteroatoms. The molecule has 0 radical (unpaired) electrons. The topological polar surface area (TPSA) is 88.9 Å². The number of thioether (sulfide) groups is 1. The molecule has 0 bridgehead atoms. The molecule has 0 aliphatic carbocycles. The summed E-state index contributed by atoms with van der Waals surface area (Å²) >= 11 is 16.6. The van der Waals surface area contributed by atoms with Gasteiger partial charge in [-0.2, -0.15) is 0 Å². The summed E-state index contributed by atoms with van der Waals surface area (Å²) in [5.41, 5.74) is 3.18. The lowest BCUT2D eigenvalue weighted by atomic mass is 10.1. The third-order valence-electron chi connectivity index (χ3n) is 4.79. The van der Waals surface area contributed by atoms with Gasteiger partial charge in [-0.15, -0.1) is 10.2 Å². The number of rotatable bonds is 8. The Kier molecular flexibility index (Phi) is 8.81. The van der Waals surface area contributed by atoms with Crippen molar-refractivity contribution >= 4 is 68.4 Å². The van der Waals surface area contributed by atoms with Gasteiger partial charge in [0.25, 0.3) is 5.91 Å². The maximum atomic E-state index is 12.5. The number of aryl methyl sites for hydroxylation is 2. The molecular weight excluding hydrogens is 549 g/mol. The van der Waals surface area contributed by atoms with Crippen molar-refractivity contribution in [2.45, 2.75) is 39.0 Å². The zero-order valence-corrected chi connectivity index (χ0v) is 22.1. The van der Waals surface area contributed by atoms with Crippen LogP contribution < -0.4 is 10.6 Å². The largest absolute Gasteiger partial charge is 0.345 e. The maximum absolute atomic E-state index is 12.5. The summed E-state index contributed by atoms with van der Waals surface area (Å²) in [5, 5.41) is 15.4. The Morgan fingerprint density at radius 2 is 1.79 bits per heavy atom. The van der Waals surface area contributed by atoms with Gasteiger partial charge in [0.05, 0.1) is 22.3 Å². The number of nitrogens with one attached hydrogen (secondary N) is 2. The molecule has 0 unspecified atom stereocenters. The van der Waals surface area contributed by atoms with Crippen LogP contribution in [-0.2, 0) is 17.9 Å². The number of carbonyl (C=O) groups is 2. The van der Waals surface area contributed by atoms with Crippen LogP contribution >= 0.6 is 50.9 Å². The van der Waals surface area contributed by atoms with E-state index >= 15 is 0 Å². The first-order valence-electron chi connectivity index (χ1n) is 10.0. The van der Waals surface area contributed by atoms with E-state index in [0.29, 0.717) is 33.1 Å². The molecule has 3 rings (SSSR count). The lowest BCUT2D eigenvalue weighted by Crippen LogP contribution is -2.24. The third kappa shape index (κ3) is 6.50. The SMILES string of the molecule is CCn1c(CNC(=O)c2ccc(Cl)c(Cl)c2)nnc1SCC(=O)Nc1c(C)cc(Br)cc1C. The lowest BCUT2D eigenvalue weighted by Gasteiger charge is -2.12. The summed E-state index contributed by atoms with van der Waals surface area (Å²) in [7, 11) is 0. The van der Waals surface area contributed by atoms with Crippen LogP contribution in [0, 0.1) is 13.8 Å². The molecule has 2 amide bonds. The molecule has 0 atom stereocenters. The maximum Gasteiger partial charge on any atom is 0.251 e. The molecule has 1 aromatic heterocycles. The molecule has 0 saturated carbocycles. The minimum atomic E-state index is -0.298. The second-order valence-corrected chi connectivity index (χ2v) is 9.88. The quantitative estimate of drug-likeness (QED) is 0.342. The van der Waals surface area contributed by atoms with E-state index in [9.17, 15) is 9.59 Å². The average Bonchev–Trinajstić information content (AvgIpc) is 3.16. The second kappa shape index (κ2) is 11.4. The lowest BCUT2D eigenvalue weighted by molar-refractivity contribution is -0.113. The van der Waals surface area contributed by atoms with Gasteiger partial charge in [-0.25, -0.2) is 0 Å². The van der Waals surface area contributed by atoms with Gasteiger partial charge >= 0.3 is 0 Å². The number of anilines is 1. The van der Waals surface area contributed by atoms with E-state index in [-0.39, 0.29) is 24.1 Å². The van der Waals surface area contributed by atoms with Crippen LogP contribution in [0.2, 0.25) is 10.0 Å². The summed E-state index contributed by atoms with van der Waals surface area (Å²) in [6.45, 7) is 6.63. The summed E-state index contributed by atoms with van der Waals surface area (Å²) in [6.07, 6.45) is 0. The highest BCUT2D eigenvalue weighted by Gasteiger charge is 2.16. The Hall–Kier alpha value is -2.07. The van der Waals surface area contributed by atoms with E-state index in [1.807, 2.05) is 37.5 Å². The van der Waals surface area contributed by atoms with E-state index in [1.54, 1.807) is 12.1 Å². The van der Waals surface area contributed by atoms with Crippen molar-refractivity contribution in [2.24, 2.45) is 0 Å². The third-order valence-corrected chi connectivity index (χ3v) is 6.96.